The van der Waals surface area contributed by atoms with E-state index in [1.54, 1.807) is 16.7 Å². The van der Waals surface area contributed by atoms with Gasteiger partial charge >= 0.3 is 0 Å². The first-order valence-electron chi connectivity index (χ1n) is 9.99. The molecule has 1 unspecified atom stereocenters. The van der Waals surface area contributed by atoms with Gasteiger partial charge in [0.25, 0.3) is 5.56 Å². The third kappa shape index (κ3) is 3.02. The average molecular weight is 372 g/mol. The molecule has 0 saturated carbocycles. The Kier molecular flexibility index (Phi) is 4.24. The number of hydrogen-bond donors (Lipinski definition) is 1. The lowest BCUT2D eigenvalue weighted by molar-refractivity contribution is 0.136. The van der Waals surface area contributed by atoms with Gasteiger partial charge in [0.05, 0.1) is 11.7 Å². The Labute approximate surface area is 163 Å². The predicted molar refractivity (Wildman–Crippen MR) is 111 cm³/mol. The first kappa shape index (κ1) is 17.2. The molecule has 0 aliphatic carbocycles. The molecule has 1 N–H and O–H groups in total. The number of aromatic amines is 1. The predicted octanol–water partition coefficient (Wildman–Crippen LogP) is 4.21. The molecule has 0 bridgehead atoms. The molecule has 5 nitrogen and oxygen atoms in total. The van der Waals surface area contributed by atoms with Gasteiger partial charge in [-0.1, -0.05) is 30.7 Å². The quantitative estimate of drug-likeness (QED) is 0.586. The van der Waals surface area contributed by atoms with Gasteiger partial charge in [-0.05, 0) is 55.5 Å². The molecule has 1 aliphatic rings. The normalized spacial score (nSPS) is 18.1. The van der Waals surface area contributed by atoms with Crippen LogP contribution >= 0.6 is 0 Å². The second kappa shape index (κ2) is 6.91. The van der Waals surface area contributed by atoms with Crippen molar-refractivity contribution >= 4 is 16.6 Å². The van der Waals surface area contributed by atoms with Crippen molar-refractivity contribution in [3.8, 4) is 0 Å². The van der Waals surface area contributed by atoms with Crippen LogP contribution < -0.4 is 5.56 Å². The number of aromatic nitrogens is 3. The van der Waals surface area contributed by atoms with Gasteiger partial charge in [-0.2, -0.15) is 0 Å². The van der Waals surface area contributed by atoms with E-state index in [9.17, 15) is 4.79 Å². The van der Waals surface area contributed by atoms with Crippen LogP contribution in [0.15, 0.2) is 59.5 Å². The van der Waals surface area contributed by atoms with E-state index in [1.165, 1.54) is 29.4 Å². The minimum Gasteiger partial charge on any atom is -0.357 e. The minimum absolute atomic E-state index is 0.0112. The summed E-state index contributed by atoms with van der Waals surface area (Å²) < 4.78 is 1.63. The average Bonchev–Trinajstić information content (AvgIpc) is 3.13. The van der Waals surface area contributed by atoms with Crippen molar-refractivity contribution in [1.29, 1.82) is 0 Å². The summed E-state index contributed by atoms with van der Waals surface area (Å²) >= 11 is 0. The van der Waals surface area contributed by atoms with Gasteiger partial charge in [0.15, 0.2) is 0 Å². The highest BCUT2D eigenvalue weighted by molar-refractivity contribution is 5.80. The Morgan fingerprint density at radius 2 is 2.04 bits per heavy atom. The standard InChI is InChI=1S/C23H24N4O/c1-16-7-6-12-27-22(28)14-18(24-23(16)27)15-26-11-5-4-10-21(26)20-13-17-8-2-3-9-19(17)25-20/h2-3,6-9,12-14,21,25H,4-5,10-11,15H2,1H3. The molecule has 3 aromatic heterocycles. The van der Waals surface area contributed by atoms with Gasteiger partial charge in [0, 0.05) is 30.0 Å². The second-order valence-electron chi connectivity index (χ2n) is 7.76. The lowest BCUT2D eigenvalue weighted by Gasteiger charge is -2.35. The Morgan fingerprint density at radius 1 is 1.14 bits per heavy atom. The van der Waals surface area contributed by atoms with Crippen LogP contribution in [0.1, 0.15) is 42.3 Å². The molecule has 1 atom stereocenters. The number of benzene rings is 1. The topological polar surface area (TPSA) is 53.4 Å². The molecule has 0 radical (unpaired) electrons. The van der Waals surface area contributed by atoms with Gasteiger partial charge in [-0.25, -0.2) is 4.98 Å². The van der Waals surface area contributed by atoms with Crippen LogP contribution in [0.3, 0.4) is 0 Å². The van der Waals surface area contributed by atoms with Crippen molar-refractivity contribution in [2.24, 2.45) is 0 Å². The molecule has 1 aromatic carbocycles. The highest BCUT2D eigenvalue weighted by atomic mass is 16.1. The zero-order chi connectivity index (χ0) is 19.1. The number of aryl methyl sites for hydroxylation is 1. The molecule has 1 saturated heterocycles. The number of H-pyrrole nitrogens is 1. The number of nitrogens with zero attached hydrogens (tertiary/aromatic N) is 3. The fraction of sp³-hybridized carbons (Fsp3) is 0.304. The van der Waals surface area contributed by atoms with Crippen molar-refractivity contribution in [1.82, 2.24) is 19.3 Å². The third-order valence-electron chi connectivity index (χ3n) is 5.83. The molecule has 1 aliphatic heterocycles. The van der Waals surface area contributed by atoms with Gasteiger partial charge in [0.1, 0.15) is 5.65 Å². The Balaban J connectivity index is 1.50. The number of hydrogen-bond acceptors (Lipinski definition) is 3. The largest absolute Gasteiger partial charge is 0.357 e. The monoisotopic (exact) mass is 372 g/mol. The molecule has 5 rings (SSSR count). The third-order valence-corrected chi connectivity index (χ3v) is 5.83. The van der Waals surface area contributed by atoms with Crippen LogP contribution in [-0.4, -0.2) is 25.8 Å². The van der Waals surface area contributed by atoms with Gasteiger partial charge < -0.3 is 4.98 Å². The molecular formula is C23H24N4O. The number of nitrogens with one attached hydrogen (secondary N) is 1. The van der Waals surface area contributed by atoms with Crippen LogP contribution in [-0.2, 0) is 6.54 Å². The van der Waals surface area contributed by atoms with Crippen molar-refractivity contribution < 1.29 is 0 Å². The Morgan fingerprint density at radius 3 is 2.93 bits per heavy atom. The summed E-state index contributed by atoms with van der Waals surface area (Å²) in [6.45, 7) is 3.72. The summed E-state index contributed by atoms with van der Waals surface area (Å²) in [5.74, 6) is 0. The molecule has 4 heterocycles. The molecular weight excluding hydrogens is 348 g/mol. The number of piperidine rings is 1. The summed E-state index contributed by atoms with van der Waals surface area (Å²) in [6, 6.07) is 16.6. The minimum atomic E-state index is -0.0112. The van der Waals surface area contributed by atoms with Crippen LogP contribution in [0.5, 0.6) is 0 Å². The van der Waals surface area contributed by atoms with Gasteiger partial charge in [-0.3, -0.25) is 14.1 Å². The number of para-hydroxylation sites is 1. The summed E-state index contributed by atoms with van der Waals surface area (Å²) in [4.78, 5) is 23.4. The van der Waals surface area contributed by atoms with E-state index in [0.717, 1.165) is 29.9 Å². The summed E-state index contributed by atoms with van der Waals surface area (Å²) in [6.07, 6.45) is 5.32. The number of likely N-dealkylation sites (tertiary alicyclic amines) is 1. The fourth-order valence-electron chi connectivity index (χ4n) is 4.41. The maximum Gasteiger partial charge on any atom is 0.258 e. The lowest BCUT2D eigenvalue weighted by atomic mass is 9.99. The molecule has 0 amide bonds. The smallest absolute Gasteiger partial charge is 0.258 e. The molecule has 28 heavy (non-hydrogen) atoms. The van der Waals surface area contributed by atoms with E-state index in [2.05, 4.69) is 40.2 Å². The lowest BCUT2D eigenvalue weighted by Crippen LogP contribution is -2.34. The zero-order valence-electron chi connectivity index (χ0n) is 16.1. The van der Waals surface area contributed by atoms with Crippen molar-refractivity contribution in [3.63, 3.8) is 0 Å². The van der Waals surface area contributed by atoms with E-state index >= 15 is 0 Å². The van der Waals surface area contributed by atoms with Crippen molar-refractivity contribution in [3.05, 3.63) is 82.0 Å². The summed E-state index contributed by atoms with van der Waals surface area (Å²) in [5.41, 5.74) is 5.05. The highest BCUT2D eigenvalue weighted by Gasteiger charge is 2.26. The van der Waals surface area contributed by atoms with E-state index in [0.29, 0.717) is 12.6 Å². The highest BCUT2D eigenvalue weighted by Crippen LogP contribution is 2.33. The maximum atomic E-state index is 12.6. The van der Waals surface area contributed by atoms with Crippen LogP contribution in [0.4, 0.5) is 0 Å². The van der Waals surface area contributed by atoms with Gasteiger partial charge in [0.2, 0.25) is 0 Å². The number of pyridine rings is 1. The molecule has 1 fully saturated rings. The summed E-state index contributed by atoms with van der Waals surface area (Å²) in [7, 11) is 0. The van der Waals surface area contributed by atoms with Crippen LogP contribution in [0, 0.1) is 6.92 Å². The SMILES string of the molecule is Cc1cccn2c(=O)cc(CN3CCCCC3c3cc4ccccc4[nH]3)nc12. The van der Waals surface area contributed by atoms with Crippen LogP contribution in [0.25, 0.3) is 16.6 Å². The fourth-order valence-corrected chi connectivity index (χ4v) is 4.41. The van der Waals surface area contributed by atoms with E-state index in [-0.39, 0.29) is 5.56 Å². The molecule has 4 aromatic rings. The molecule has 5 heteroatoms. The molecule has 0 spiro atoms. The second-order valence-corrected chi connectivity index (χ2v) is 7.76. The van der Waals surface area contributed by atoms with Crippen molar-refractivity contribution in [2.45, 2.75) is 38.8 Å². The summed E-state index contributed by atoms with van der Waals surface area (Å²) in [5, 5.41) is 1.25. The zero-order valence-corrected chi connectivity index (χ0v) is 16.1. The van der Waals surface area contributed by atoms with Gasteiger partial charge in [-0.15, -0.1) is 0 Å². The first-order valence-corrected chi connectivity index (χ1v) is 9.99. The Hall–Kier alpha value is -2.92. The maximum absolute atomic E-state index is 12.6. The van der Waals surface area contributed by atoms with E-state index in [1.807, 2.05) is 19.1 Å². The van der Waals surface area contributed by atoms with E-state index < -0.39 is 0 Å². The van der Waals surface area contributed by atoms with Crippen molar-refractivity contribution in [2.75, 3.05) is 6.54 Å². The van der Waals surface area contributed by atoms with E-state index in [4.69, 9.17) is 4.98 Å². The number of rotatable bonds is 3. The molecule has 142 valence electrons. The van der Waals surface area contributed by atoms with Crippen LogP contribution in [0.2, 0.25) is 0 Å². The Bertz CT molecular complexity index is 1170. The first-order chi connectivity index (χ1) is 13.7. The number of fused-ring (bicyclic) bond motifs is 2.